The van der Waals surface area contributed by atoms with Gasteiger partial charge in [0.2, 0.25) is 11.7 Å². The Bertz CT molecular complexity index is 651. The second-order valence-electron chi connectivity index (χ2n) is 5.90. The molecule has 4 heterocycles. The normalized spacial score (nSPS) is 19.6. The highest BCUT2D eigenvalue weighted by Gasteiger charge is 2.16. The molecule has 128 valence electrons. The van der Waals surface area contributed by atoms with Gasteiger partial charge in [0.1, 0.15) is 5.82 Å². The molecule has 0 N–H and O–H groups in total. The molecule has 8 heteroatoms. The molecule has 0 radical (unpaired) electrons. The Morgan fingerprint density at radius 2 is 1.92 bits per heavy atom. The van der Waals surface area contributed by atoms with Crippen molar-refractivity contribution in [1.82, 2.24) is 20.0 Å². The number of ether oxygens (including phenoxy) is 1. The van der Waals surface area contributed by atoms with Crippen molar-refractivity contribution in [3.63, 3.8) is 0 Å². The summed E-state index contributed by atoms with van der Waals surface area (Å²) in [6, 6.07) is 4.02. The van der Waals surface area contributed by atoms with E-state index in [1.54, 1.807) is 0 Å². The third-order valence-corrected chi connectivity index (χ3v) is 5.21. The van der Waals surface area contributed by atoms with Crippen LogP contribution in [0.4, 0.5) is 5.82 Å². The number of anilines is 1. The third kappa shape index (κ3) is 3.71. The third-order valence-electron chi connectivity index (χ3n) is 4.27. The van der Waals surface area contributed by atoms with Crippen molar-refractivity contribution >= 4 is 17.6 Å². The van der Waals surface area contributed by atoms with Crippen molar-refractivity contribution in [2.24, 2.45) is 0 Å². The first-order chi connectivity index (χ1) is 11.9. The van der Waals surface area contributed by atoms with E-state index in [4.69, 9.17) is 9.26 Å². The summed E-state index contributed by atoms with van der Waals surface area (Å²) < 4.78 is 10.8. The molecule has 2 fully saturated rings. The van der Waals surface area contributed by atoms with Gasteiger partial charge in [-0.25, -0.2) is 4.98 Å². The topological polar surface area (TPSA) is 67.5 Å². The second-order valence-corrected chi connectivity index (χ2v) is 7.13. The monoisotopic (exact) mass is 347 g/mol. The zero-order valence-corrected chi connectivity index (χ0v) is 14.4. The van der Waals surface area contributed by atoms with E-state index in [2.05, 4.69) is 24.9 Å². The number of thioether (sulfide) groups is 1. The van der Waals surface area contributed by atoms with Crippen LogP contribution >= 0.6 is 11.8 Å². The lowest BCUT2D eigenvalue weighted by molar-refractivity contribution is 0.122. The maximum atomic E-state index is 5.40. The van der Waals surface area contributed by atoms with Crippen LogP contribution in [0.1, 0.15) is 5.89 Å². The average Bonchev–Trinajstić information content (AvgIpc) is 3.12. The van der Waals surface area contributed by atoms with Gasteiger partial charge >= 0.3 is 0 Å². The molecule has 0 bridgehead atoms. The largest absolute Gasteiger partial charge is 0.378 e. The lowest BCUT2D eigenvalue weighted by atomic mass is 10.2. The fourth-order valence-corrected chi connectivity index (χ4v) is 3.86. The summed E-state index contributed by atoms with van der Waals surface area (Å²) in [5.41, 5.74) is 0.885. The summed E-state index contributed by atoms with van der Waals surface area (Å²) in [5.74, 6) is 4.60. The number of hydrogen-bond donors (Lipinski definition) is 0. The van der Waals surface area contributed by atoms with Crippen LogP contribution in [0.15, 0.2) is 22.9 Å². The van der Waals surface area contributed by atoms with Gasteiger partial charge in [-0.15, -0.1) is 0 Å². The average molecular weight is 347 g/mol. The van der Waals surface area contributed by atoms with Crippen LogP contribution < -0.4 is 4.90 Å². The van der Waals surface area contributed by atoms with Crippen molar-refractivity contribution in [3.05, 3.63) is 24.2 Å². The molecule has 24 heavy (non-hydrogen) atoms. The standard InChI is InChI=1S/C16H21N5O2S/c1-2-14(21-3-7-22-8-4-21)17-11-13(1)16-18-15(23-19-16)12-20-5-9-24-10-6-20/h1-2,11H,3-10,12H2. The second kappa shape index (κ2) is 7.50. The smallest absolute Gasteiger partial charge is 0.241 e. The molecule has 0 amide bonds. The fourth-order valence-electron chi connectivity index (χ4n) is 2.88. The van der Waals surface area contributed by atoms with E-state index >= 15 is 0 Å². The summed E-state index contributed by atoms with van der Waals surface area (Å²) >= 11 is 2.00. The SMILES string of the molecule is c1cc(N2CCOCC2)ncc1-c1noc(CN2CCSCC2)n1. The number of morpholine rings is 1. The highest BCUT2D eigenvalue weighted by Crippen LogP contribution is 2.20. The Hall–Kier alpha value is -1.64. The highest BCUT2D eigenvalue weighted by atomic mass is 32.2. The minimum atomic E-state index is 0.609. The molecular weight excluding hydrogens is 326 g/mol. The minimum Gasteiger partial charge on any atom is -0.378 e. The summed E-state index contributed by atoms with van der Waals surface area (Å²) in [7, 11) is 0. The van der Waals surface area contributed by atoms with Crippen LogP contribution in [0, 0.1) is 0 Å². The molecule has 2 aliphatic rings. The van der Waals surface area contributed by atoms with E-state index in [-0.39, 0.29) is 0 Å². The Morgan fingerprint density at radius 1 is 1.08 bits per heavy atom. The number of hydrogen-bond acceptors (Lipinski definition) is 8. The summed E-state index contributed by atoms with van der Waals surface area (Å²) in [4.78, 5) is 13.6. The van der Waals surface area contributed by atoms with Crippen LogP contribution in [0.5, 0.6) is 0 Å². The highest BCUT2D eigenvalue weighted by molar-refractivity contribution is 7.99. The molecule has 0 unspecified atom stereocenters. The zero-order valence-electron chi connectivity index (χ0n) is 13.6. The lowest BCUT2D eigenvalue weighted by Crippen LogP contribution is -2.36. The van der Waals surface area contributed by atoms with Crippen LogP contribution in [0.3, 0.4) is 0 Å². The van der Waals surface area contributed by atoms with Crippen LogP contribution in [-0.2, 0) is 11.3 Å². The van der Waals surface area contributed by atoms with Crippen molar-refractivity contribution in [2.45, 2.75) is 6.54 Å². The molecular formula is C16H21N5O2S. The van der Waals surface area contributed by atoms with E-state index in [1.807, 2.05) is 30.1 Å². The maximum absolute atomic E-state index is 5.40. The summed E-state index contributed by atoms with van der Waals surface area (Å²) in [6.07, 6.45) is 1.82. The van der Waals surface area contributed by atoms with Crippen molar-refractivity contribution < 1.29 is 9.26 Å². The van der Waals surface area contributed by atoms with E-state index in [0.717, 1.165) is 57.3 Å². The molecule has 2 saturated heterocycles. The van der Waals surface area contributed by atoms with Crippen LogP contribution in [0.25, 0.3) is 11.4 Å². The number of aromatic nitrogens is 3. The Morgan fingerprint density at radius 3 is 2.67 bits per heavy atom. The van der Waals surface area contributed by atoms with Gasteiger partial charge in [0, 0.05) is 49.4 Å². The molecule has 2 aromatic heterocycles. The van der Waals surface area contributed by atoms with E-state index in [0.29, 0.717) is 11.7 Å². The number of nitrogens with zero attached hydrogens (tertiary/aromatic N) is 5. The predicted octanol–water partition coefficient (Wildman–Crippen LogP) is 1.52. The lowest BCUT2D eigenvalue weighted by Gasteiger charge is -2.27. The minimum absolute atomic E-state index is 0.609. The van der Waals surface area contributed by atoms with Gasteiger partial charge in [0.05, 0.1) is 19.8 Å². The van der Waals surface area contributed by atoms with E-state index < -0.39 is 0 Å². The maximum Gasteiger partial charge on any atom is 0.241 e. The fraction of sp³-hybridized carbons (Fsp3) is 0.562. The first-order valence-electron chi connectivity index (χ1n) is 8.30. The number of pyridine rings is 1. The summed E-state index contributed by atoms with van der Waals surface area (Å²) in [5, 5.41) is 4.10. The molecule has 0 spiro atoms. The van der Waals surface area contributed by atoms with Crippen LogP contribution in [-0.4, -0.2) is 70.9 Å². The van der Waals surface area contributed by atoms with E-state index in [9.17, 15) is 0 Å². The van der Waals surface area contributed by atoms with Gasteiger partial charge < -0.3 is 14.2 Å². The Labute approximate surface area is 145 Å². The first-order valence-corrected chi connectivity index (χ1v) is 9.46. The summed E-state index contributed by atoms with van der Waals surface area (Å²) in [6.45, 7) is 6.17. The van der Waals surface area contributed by atoms with Gasteiger partial charge in [0.25, 0.3) is 0 Å². The molecule has 2 aromatic rings. The van der Waals surface area contributed by atoms with E-state index in [1.165, 1.54) is 11.5 Å². The first kappa shape index (κ1) is 15.9. The van der Waals surface area contributed by atoms with Gasteiger partial charge in [-0.05, 0) is 12.1 Å². The Kier molecular flexibility index (Phi) is 4.96. The molecule has 2 aliphatic heterocycles. The van der Waals surface area contributed by atoms with Crippen molar-refractivity contribution in [3.8, 4) is 11.4 Å². The molecule has 0 saturated carbocycles. The molecule has 0 atom stereocenters. The quantitative estimate of drug-likeness (QED) is 0.825. The molecule has 0 aromatic carbocycles. The zero-order chi connectivity index (χ0) is 16.2. The molecule has 4 rings (SSSR count). The molecule has 7 nitrogen and oxygen atoms in total. The predicted molar refractivity (Wildman–Crippen MR) is 93.2 cm³/mol. The van der Waals surface area contributed by atoms with Gasteiger partial charge in [-0.3, -0.25) is 4.90 Å². The number of rotatable bonds is 4. The Balaban J connectivity index is 1.42. The van der Waals surface area contributed by atoms with Gasteiger partial charge in [0.15, 0.2) is 0 Å². The van der Waals surface area contributed by atoms with Crippen molar-refractivity contribution in [2.75, 3.05) is 55.8 Å². The molecule has 0 aliphatic carbocycles. The van der Waals surface area contributed by atoms with Gasteiger partial charge in [-0.1, -0.05) is 5.16 Å². The van der Waals surface area contributed by atoms with Gasteiger partial charge in [-0.2, -0.15) is 16.7 Å². The van der Waals surface area contributed by atoms with Crippen LogP contribution in [0.2, 0.25) is 0 Å². The van der Waals surface area contributed by atoms with Crippen molar-refractivity contribution in [1.29, 1.82) is 0 Å².